The molecule has 3 rings (SSSR count). The number of aryl methyl sites for hydroxylation is 1. The number of aromatic nitrogens is 2. The van der Waals surface area contributed by atoms with E-state index in [2.05, 4.69) is 14.9 Å². The zero-order chi connectivity index (χ0) is 16.1. The van der Waals surface area contributed by atoms with Crippen LogP contribution in [0.3, 0.4) is 0 Å². The fourth-order valence-electron chi connectivity index (χ4n) is 2.84. The highest BCUT2D eigenvalue weighted by molar-refractivity contribution is 8.00. The molecule has 1 aliphatic rings. The lowest BCUT2D eigenvalue weighted by atomic mass is 10.2. The van der Waals surface area contributed by atoms with Gasteiger partial charge in [0.05, 0.1) is 16.3 Å². The topological polar surface area (TPSA) is 56.1 Å². The Morgan fingerprint density at radius 1 is 1.48 bits per heavy atom. The maximum atomic E-state index is 12.4. The van der Waals surface area contributed by atoms with Crippen LogP contribution < -0.4 is 5.32 Å². The van der Waals surface area contributed by atoms with Gasteiger partial charge in [0.25, 0.3) is 0 Å². The molecule has 0 radical (unpaired) electrons. The summed E-state index contributed by atoms with van der Waals surface area (Å²) in [4.78, 5) is 17.0. The van der Waals surface area contributed by atoms with Crippen molar-refractivity contribution in [3.8, 4) is 0 Å². The number of nitrogens with one attached hydrogen (secondary N) is 1. The second kappa shape index (κ2) is 7.84. The third-order valence-corrected chi connectivity index (χ3v) is 5.36. The number of carbonyl (C=O) groups excluding carboxylic acids is 1. The molecule has 5 nitrogen and oxygen atoms in total. The van der Waals surface area contributed by atoms with Crippen molar-refractivity contribution in [1.82, 2.24) is 9.55 Å². The first-order valence-corrected chi connectivity index (χ1v) is 9.30. The van der Waals surface area contributed by atoms with E-state index in [0.29, 0.717) is 5.95 Å². The summed E-state index contributed by atoms with van der Waals surface area (Å²) in [6, 6.07) is 8.00. The highest BCUT2D eigenvalue weighted by Crippen LogP contribution is 2.28. The molecule has 23 heavy (non-hydrogen) atoms. The smallest absolute Gasteiger partial charge is 0.239 e. The van der Waals surface area contributed by atoms with Crippen molar-refractivity contribution in [3.63, 3.8) is 0 Å². The number of imidazole rings is 1. The van der Waals surface area contributed by atoms with Crippen molar-refractivity contribution in [2.24, 2.45) is 0 Å². The predicted octanol–water partition coefficient (Wildman–Crippen LogP) is 3.30. The van der Waals surface area contributed by atoms with Gasteiger partial charge in [-0.3, -0.25) is 10.1 Å². The second-order valence-corrected chi connectivity index (χ2v) is 6.93. The number of amides is 1. The van der Waals surface area contributed by atoms with Gasteiger partial charge in [0.1, 0.15) is 0 Å². The molecule has 1 atom stereocenters. The van der Waals surface area contributed by atoms with Crippen molar-refractivity contribution in [2.45, 2.75) is 38.0 Å². The third-order valence-electron chi connectivity index (χ3n) is 3.99. The lowest BCUT2D eigenvalue weighted by Crippen LogP contribution is -2.25. The van der Waals surface area contributed by atoms with E-state index >= 15 is 0 Å². The number of benzene rings is 1. The average Bonchev–Trinajstić information content (AvgIpc) is 3.20. The van der Waals surface area contributed by atoms with Crippen LogP contribution in [-0.4, -0.2) is 39.7 Å². The highest BCUT2D eigenvalue weighted by Gasteiger charge is 2.25. The summed E-state index contributed by atoms with van der Waals surface area (Å²) < 4.78 is 7.51. The molecule has 0 aliphatic carbocycles. The van der Waals surface area contributed by atoms with E-state index in [4.69, 9.17) is 4.74 Å². The fraction of sp³-hybridized carbons (Fsp3) is 0.529. The van der Waals surface area contributed by atoms with Crippen LogP contribution in [0.1, 0.15) is 26.2 Å². The summed E-state index contributed by atoms with van der Waals surface area (Å²) in [5.74, 6) is 1.80. The SMILES string of the molecule is CCOCCCn1c(NC(=O)[C@@H]2CCCS2)nc2ccccc21. The molecule has 6 heteroatoms. The normalized spacial score (nSPS) is 17.7. The number of anilines is 1. The first-order valence-electron chi connectivity index (χ1n) is 8.25. The largest absolute Gasteiger partial charge is 0.382 e. The molecule has 1 aliphatic heterocycles. The summed E-state index contributed by atoms with van der Waals surface area (Å²) in [7, 11) is 0. The van der Waals surface area contributed by atoms with Gasteiger partial charge in [-0.2, -0.15) is 0 Å². The minimum absolute atomic E-state index is 0.0617. The van der Waals surface area contributed by atoms with Crippen molar-refractivity contribution >= 4 is 34.7 Å². The summed E-state index contributed by atoms with van der Waals surface area (Å²) in [6.45, 7) is 4.23. The zero-order valence-electron chi connectivity index (χ0n) is 13.5. The number of carbonyl (C=O) groups is 1. The Bertz CT molecular complexity index is 665. The number of rotatable bonds is 7. The second-order valence-electron chi connectivity index (χ2n) is 5.62. The van der Waals surface area contributed by atoms with E-state index in [1.54, 1.807) is 11.8 Å². The van der Waals surface area contributed by atoms with Gasteiger partial charge < -0.3 is 9.30 Å². The molecular formula is C17H23N3O2S. The quantitative estimate of drug-likeness (QED) is 0.790. The molecule has 0 saturated carbocycles. The number of ether oxygens (including phenoxy) is 1. The average molecular weight is 333 g/mol. The van der Waals surface area contributed by atoms with Gasteiger partial charge in [-0.1, -0.05) is 12.1 Å². The molecule has 0 spiro atoms. The van der Waals surface area contributed by atoms with Crippen molar-refractivity contribution in [2.75, 3.05) is 24.3 Å². The monoisotopic (exact) mass is 333 g/mol. The molecule has 2 aromatic rings. The van der Waals surface area contributed by atoms with E-state index in [1.165, 1.54) is 0 Å². The number of hydrogen-bond donors (Lipinski definition) is 1. The Hall–Kier alpha value is -1.53. The maximum absolute atomic E-state index is 12.4. The van der Waals surface area contributed by atoms with Crippen LogP contribution in [0, 0.1) is 0 Å². The molecule has 1 fully saturated rings. The van der Waals surface area contributed by atoms with Gasteiger partial charge in [-0.05, 0) is 44.1 Å². The van der Waals surface area contributed by atoms with Gasteiger partial charge in [-0.15, -0.1) is 11.8 Å². The van der Waals surface area contributed by atoms with E-state index < -0.39 is 0 Å². The van der Waals surface area contributed by atoms with Crippen molar-refractivity contribution < 1.29 is 9.53 Å². The van der Waals surface area contributed by atoms with Gasteiger partial charge in [-0.25, -0.2) is 4.98 Å². The summed E-state index contributed by atoms with van der Waals surface area (Å²) >= 11 is 1.74. The Morgan fingerprint density at radius 3 is 3.13 bits per heavy atom. The minimum Gasteiger partial charge on any atom is -0.382 e. The highest BCUT2D eigenvalue weighted by atomic mass is 32.2. The van der Waals surface area contributed by atoms with Gasteiger partial charge in [0, 0.05) is 19.8 Å². The number of nitrogens with zero attached hydrogens (tertiary/aromatic N) is 2. The Balaban J connectivity index is 1.78. The minimum atomic E-state index is 0.0617. The molecule has 1 N–H and O–H groups in total. The van der Waals surface area contributed by atoms with Gasteiger partial charge in [0.2, 0.25) is 11.9 Å². The van der Waals surface area contributed by atoms with Crippen molar-refractivity contribution in [3.05, 3.63) is 24.3 Å². The predicted molar refractivity (Wildman–Crippen MR) is 95.0 cm³/mol. The van der Waals surface area contributed by atoms with E-state index in [-0.39, 0.29) is 11.2 Å². The van der Waals surface area contributed by atoms with Crippen LogP contribution in [0.4, 0.5) is 5.95 Å². The van der Waals surface area contributed by atoms with Crippen LogP contribution in [0.25, 0.3) is 11.0 Å². The molecular weight excluding hydrogens is 310 g/mol. The first kappa shape index (κ1) is 16.3. The van der Waals surface area contributed by atoms with Crippen LogP contribution in [-0.2, 0) is 16.1 Å². The van der Waals surface area contributed by atoms with E-state index in [0.717, 1.165) is 55.8 Å². The summed E-state index contributed by atoms with van der Waals surface area (Å²) in [5, 5.41) is 3.10. The standard InChI is InChI=1S/C17H23N3O2S/c1-2-22-11-6-10-20-14-8-4-3-7-13(14)18-17(20)19-16(21)15-9-5-12-23-15/h3-4,7-8,15H,2,5-6,9-12H2,1H3,(H,18,19,21)/t15-/m0/s1. The number of hydrogen-bond acceptors (Lipinski definition) is 4. The molecule has 2 heterocycles. The van der Waals surface area contributed by atoms with Gasteiger partial charge in [0.15, 0.2) is 0 Å². The molecule has 0 bridgehead atoms. The molecule has 1 saturated heterocycles. The zero-order valence-corrected chi connectivity index (χ0v) is 14.3. The molecule has 124 valence electrons. The lowest BCUT2D eigenvalue weighted by Gasteiger charge is -2.12. The summed E-state index contributed by atoms with van der Waals surface area (Å²) in [6.07, 6.45) is 2.98. The molecule has 1 aromatic carbocycles. The Morgan fingerprint density at radius 2 is 2.35 bits per heavy atom. The molecule has 1 amide bonds. The van der Waals surface area contributed by atoms with Crippen LogP contribution in [0.15, 0.2) is 24.3 Å². The fourth-order valence-corrected chi connectivity index (χ4v) is 4.00. The number of para-hydroxylation sites is 2. The Kier molecular flexibility index (Phi) is 5.56. The van der Waals surface area contributed by atoms with Crippen LogP contribution in [0.2, 0.25) is 0 Å². The van der Waals surface area contributed by atoms with Crippen LogP contribution >= 0.6 is 11.8 Å². The first-order chi connectivity index (χ1) is 11.3. The van der Waals surface area contributed by atoms with Crippen molar-refractivity contribution in [1.29, 1.82) is 0 Å². The lowest BCUT2D eigenvalue weighted by molar-refractivity contribution is -0.115. The summed E-state index contributed by atoms with van der Waals surface area (Å²) in [5.41, 5.74) is 1.97. The van der Waals surface area contributed by atoms with E-state index in [1.807, 2.05) is 31.2 Å². The number of thioether (sulfide) groups is 1. The van der Waals surface area contributed by atoms with Crippen LogP contribution in [0.5, 0.6) is 0 Å². The van der Waals surface area contributed by atoms with E-state index in [9.17, 15) is 4.79 Å². The Labute approximate surface area is 140 Å². The molecule has 0 unspecified atom stereocenters. The third kappa shape index (κ3) is 3.87. The maximum Gasteiger partial charge on any atom is 0.239 e. The number of fused-ring (bicyclic) bond motifs is 1. The van der Waals surface area contributed by atoms with Gasteiger partial charge >= 0.3 is 0 Å². The molecule has 1 aromatic heterocycles.